The summed E-state index contributed by atoms with van der Waals surface area (Å²) >= 11 is 0. The Morgan fingerprint density at radius 1 is 1.16 bits per heavy atom. The lowest BCUT2D eigenvalue weighted by Crippen LogP contribution is -2.32. The highest BCUT2D eigenvalue weighted by Crippen LogP contribution is 2.22. The van der Waals surface area contributed by atoms with Gasteiger partial charge in [-0.2, -0.15) is 0 Å². The number of guanidine groups is 1. The van der Waals surface area contributed by atoms with Gasteiger partial charge in [-0.15, -0.1) is 24.0 Å². The molecule has 25 heavy (non-hydrogen) atoms. The van der Waals surface area contributed by atoms with Crippen molar-refractivity contribution in [1.82, 2.24) is 10.2 Å². The molecule has 0 saturated heterocycles. The molecule has 2 rings (SSSR count). The quantitative estimate of drug-likeness (QED) is 0.258. The van der Waals surface area contributed by atoms with Crippen LogP contribution in [0.15, 0.2) is 29.3 Å². The number of hydrogen-bond donors (Lipinski definition) is 2. The van der Waals surface area contributed by atoms with E-state index >= 15 is 0 Å². The van der Waals surface area contributed by atoms with Gasteiger partial charge in [-0.25, -0.2) is 0 Å². The number of hydrogen-bond acceptors (Lipinski definition) is 2. The minimum Gasteiger partial charge on any atom is -0.370 e. The molecule has 1 aliphatic heterocycles. The van der Waals surface area contributed by atoms with Gasteiger partial charge in [0.25, 0.3) is 0 Å². The second-order valence-corrected chi connectivity index (χ2v) is 6.38. The molecule has 0 radical (unpaired) electrons. The van der Waals surface area contributed by atoms with E-state index in [1.54, 1.807) is 0 Å². The van der Waals surface area contributed by atoms with Crippen molar-refractivity contribution in [2.75, 3.05) is 13.1 Å². The first kappa shape index (κ1) is 21.7. The third kappa shape index (κ3) is 7.63. The van der Waals surface area contributed by atoms with Crippen LogP contribution < -0.4 is 11.1 Å². The van der Waals surface area contributed by atoms with Gasteiger partial charge in [0.1, 0.15) is 0 Å². The fourth-order valence-electron chi connectivity index (χ4n) is 2.92. The van der Waals surface area contributed by atoms with Crippen LogP contribution in [0.1, 0.15) is 56.6 Å². The monoisotopic (exact) mass is 458 g/mol. The summed E-state index contributed by atoms with van der Waals surface area (Å²) in [4.78, 5) is 18.5. The lowest BCUT2D eigenvalue weighted by molar-refractivity contribution is -0.131. The molecule has 1 aromatic carbocycles. The van der Waals surface area contributed by atoms with Crippen molar-refractivity contribution in [3.05, 3.63) is 35.4 Å². The normalized spacial score (nSPS) is 13.3. The van der Waals surface area contributed by atoms with Gasteiger partial charge >= 0.3 is 0 Å². The minimum absolute atomic E-state index is 0. The molecule has 6 heteroatoms. The van der Waals surface area contributed by atoms with Gasteiger partial charge in [-0.05, 0) is 24.0 Å². The number of carbonyl (C=O) groups is 1. The van der Waals surface area contributed by atoms with E-state index in [1.165, 1.54) is 30.4 Å². The molecule has 3 N–H and O–H groups in total. The Labute approximate surface area is 168 Å². The number of benzene rings is 1. The number of fused-ring (bicyclic) bond motifs is 1. The van der Waals surface area contributed by atoms with E-state index in [4.69, 9.17) is 5.73 Å². The van der Waals surface area contributed by atoms with E-state index in [0.717, 1.165) is 32.5 Å². The summed E-state index contributed by atoms with van der Waals surface area (Å²) in [6.07, 6.45) is 6.12. The maximum atomic E-state index is 12.3. The topological polar surface area (TPSA) is 70.7 Å². The van der Waals surface area contributed by atoms with Crippen LogP contribution in [0.5, 0.6) is 0 Å². The number of nitrogens with one attached hydrogen (secondary N) is 1. The van der Waals surface area contributed by atoms with Crippen LogP contribution in [-0.4, -0.2) is 29.9 Å². The number of halogens is 1. The van der Waals surface area contributed by atoms with E-state index < -0.39 is 0 Å². The van der Waals surface area contributed by atoms with Gasteiger partial charge in [0.05, 0.1) is 0 Å². The summed E-state index contributed by atoms with van der Waals surface area (Å²) in [6, 6.07) is 8.25. The SMILES string of the molecule is CCCCCCNC(N)=NCCCC(=O)N1Cc2ccccc2C1.I. The average molecular weight is 458 g/mol. The smallest absolute Gasteiger partial charge is 0.223 e. The van der Waals surface area contributed by atoms with Gasteiger partial charge in [-0.1, -0.05) is 50.5 Å². The first-order chi connectivity index (χ1) is 11.7. The van der Waals surface area contributed by atoms with Crippen LogP contribution in [0.4, 0.5) is 0 Å². The molecule has 1 amide bonds. The van der Waals surface area contributed by atoms with Crippen molar-refractivity contribution in [3.8, 4) is 0 Å². The predicted octanol–water partition coefficient (Wildman–Crippen LogP) is 3.41. The first-order valence-corrected chi connectivity index (χ1v) is 9.09. The molecule has 140 valence electrons. The van der Waals surface area contributed by atoms with Gasteiger partial charge in [-0.3, -0.25) is 9.79 Å². The Balaban J connectivity index is 0.00000312. The van der Waals surface area contributed by atoms with Crippen molar-refractivity contribution in [1.29, 1.82) is 0 Å². The summed E-state index contributed by atoms with van der Waals surface area (Å²) in [5, 5.41) is 3.13. The predicted molar refractivity (Wildman–Crippen MR) is 114 cm³/mol. The third-order valence-corrected chi connectivity index (χ3v) is 4.36. The lowest BCUT2D eigenvalue weighted by Gasteiger charge is -2.14. The van der Waals surface area contributed by atoms with Crippen molar-refractivity contribution < 1.29 is 4.79 Å². The maximum Gasteiger partial charge on any atom is 0.223 e. The fraction of sp³-hybridized carbons (Fsp3) is 0.579. The maximum absolute atomic E-state index is 12.3. The number of unbranched alkanes of at least 4 members (excludes halogenated alkanes) is 3. The molecule has 0 spiro atoms. The zero-order valence-electron chi connectivity index (χ0n) is 15.2. The Morgan fingerprint density at radius 3 is 2.48 bits per heavy atom. The van der Waals surface area contributed by atoms with Gasteiger partial charge < -0.3 is 16.0 Å². The van der Waals surface area contributed by atoms with Crippen LogP contribution >= 0.6 is 24.0 Å². The summed E-state index contributed by atoms with van der Waals surface area (Å²) in [7, 11) is 0. The molecule has 1 aliphatic rings. The van der Waals surface area contributed by atoms with Crippen LogP contribution in [0.3, 0.4) is 0 Å². The van der Waals surface area contributed by atoms with Crippen LogP contribution in [-0.2, 0) is 17.9 Å². The molecule has 1 heterocycles. The number of rotatable bonds is 9. The summed E-state index contributed by atoms with van der Waals surface area (Å²) < 4.78 is 0. The molecule has 5 nitrogen and oxygen atoms in total. The molecule has 0 saturated carbocycles. The molecule has 0 unspecified atom stereocenters. The number of nitrogens with zero attached hydrogens (tertiary/aromatic N) is 2. The van der Waals surface area contributed by atoms with Crippen molar-refractivity contribution in [2.24, 2.45) is 10.7 Å². The van der Waals surface area contributed by atoms with E-state index in [0.29, 0.717) is 18.9 Å². The molecule has 0 fully saturated rings. The number of aliphatic imine (C=N–C) groups is 1. The highest BCUT2D eigenvalue weighted by Gasteiger charge is 2.21. The fourth-order valence-corrected chi connectivity index (χ4v) is 2.92. The van der Waals surface area contributed by atoms with E-state index in [1.807, 2.05) is 17.0 Å². The Bertz CT molecular complexity index is 537. The van der Waals surface area contributed by atoms with Gasteiger partial charge in [0, 0.05) is 32.6 Å². The summed E-state index contributed by atoms with van der Waals surface area (Å²) in [5.74, 6) is 0.694. The van der Waals surface area contributed by atoms with Crippen molar-refractivity contribution >= 4 is 35.8 Å². The van der Waals surface area contributed by atoms with Crippen LogP contribution in [0.2, 0.25) is 0 Å². The van der Waals surface area contributed by atoms with E-state index in [2.05, 4.69) is 29.4 Å². The molecule has 0 aromatic heterocycles. The molecular formula is C19H31IN4O. The second-order valence-electron chi connectivity index (χ2n) is 6.38. The van der Waals surface area contributed by atoms with Crippen LogP contribution in [0, 0.1) is 0 Å². The molecule has 1 aromatic rings. The van der Waals surface area contributed by atoms with Gasteiger partial charge in [0.15, 0.2) is 5.96 Å². The molecule has 0 atom stereocenters. The van der Waals surface area contributed by atoms with Gasteiger partial charge in [0.2, 0.25) is 5.91 Å². The van der Waals surface area contributed by atoms with E-state index in [9.17, 15) is 4.79 Å². The van der Waals surface area contributed by atoms with Crippen molar-refractivity contribution in [2.45, 2.75) is 58.5 Å². The van der Waals surface area contributed by atoms with Crippen LogP contribution in [0.25, 0.3) is 0 Å². The molecule has 0 bridgehead atoms. The molecule has 0 aliphatic carbocycles. The lowest BCUT2D eigenvalue weighted by atomic mass is 10.1. The highest BCUT2D eigenvalue weighted by atomic mass is 127. The number of carbonyl (C=O) groups excluding carboxylic acids is 1. The van der Waals surface area contributed by atoms with E-state index in [-0.39, 0.29) is 29.9 Å². The number of amides is 1. The Kier molecular flexibility index (Phi) is 10.5. The Morgan fingerprint density at radius 2 is 1.84 bits per heavy atom. The zero-order valence-corrected chi connectivity index (χ0v) is 17.5. The largest absolute Gasteiger partial charge is 0.370 e. The van der Waals surface area contributed by atoms with Crippen molar-refractivity contribution in [3.63, 3.8) is 0 Å². The first-order valence-electron chi connectivity index (χ1n) is 9.09. The standard InChI is InChI=1S/C19H30N4O.HI/c1-2-3-4-7-12-21-19(20)22-13-8-11-18(24)23-14-16-9-5-6-10-17(16)15-23;/h5-6,9-10H,2-4,7-8,11-15H2,1H3,(H3,20,21,22);1H. The Hall–Kier alpha value is -1.31. The average Bonchev–Trinajstić information content (AvgIpc) is 3.02. The molecular weight excluding hydrogens is 427 g/mol. The zero-order chi connectivity index (χ0) is 17.2. The summed E-state index contributed by atoms with van der Waals surface area (Å²) in [5.41, 5.74) is 8.36. The summed E-state index contributed by atoms with van der Waals surface area (Å²) in [6.45, 7) is 5.14. The third-order valence-electron chi connectivity index (χ3n) is 4.36. The highest BCUT2D eigenvalue weighted by molar-refractivity contribution is 14.0. The number of nitrogens with two attached hydrogens (primary N) is 1. The minimum atomic E-state index is 0. The second kappa shape index (κ2) is 12.1.